The Kier molecular flexibility index (Phi) is 3.25. The molecule has 5 rings (SSSR count). The molecule has 0 aromatic carbocycles. The average Bonchev–Trinajstić information content (AvgIpc) is 3.21. The smallest absolute Gasteiger partial charge is 0.342 e. The number of furan rings is 1. The van der Waals surface area contributed by atoms with E-state index in [1.54, 1.807) is 7.11 Å². The molecule has 2 heterocycles. The number of ether oxygens (including phenoxy) is 2. The van der Waals surface area contributed by atoms with Crippen molar-refractivity contribution in [2.24, 2.45) is 11.3 Å². The lowest BCUT2D eigenvalue weighted by atomic mass is 9.55. The third kappa shape index (κ3) is 1.82. The van der Waals surface area contributed by atoms with Gasteiger partial charge in [0.25, 0.3) is 0 Å². The molecule has 27 heavy (non-hydrogen) atoms. The van der Waals surface area contributed by atoms with Crippen LogP contribution in [-0.4, -0.2) is 37.4 Å². The number of esters is 1. The highest BCUT2D eigenvalue weighted by Crippen LogP contribution is 2.60. The van der Waals surface area contributed by atoms with Crippen LogP contribution in [0.3, 0.4) is 0 Å². The van der Waals surface area contributed by atoms with E-state index in [0.717, 1.165) is 5.57 Å². The molecule has 0 radical (unpaired) electrons. The van der Waals surface area contributed by atoms with E-state index in [1.165, 1.54) is 6.26 Å². The normalized spacial score (nSPS) is 37.1. The van der Waals surface area contributed by atoms with Gasteiger partial charge in [-0.3, -0.25) is 9.59 Å². The van der Waals surface area contributed by atoms with E-state index in [9.17, 15) is 14.4 Å². The van der Waals surface area contributed by atoms with Crippen LogP contribution in [0.25, 0.3) is 0 Å². The maximum absolute atomic E-state index is 13.4. The van der Waals surface area contributed by atoms with Crippen LogP contribution in [0.2, 0.25) is 0 Å². The minimum atomic E-state index is -0.669. The number of Topliss-reactive ketones (excluding diaryl/α,β-unsaturated/α-hetero) is 2. The topological polar surface area (TPSA) is 82.8 Å². The number of hydrogen-bond donors (Lipinski definition) is 0. The molecule has 0 spiro atoms. The minimum Gasteiger partial charge on any atom is -0.460 e. The van der Waals surface area contributed by atoms with Crippen LogP contribution >= 0.6 is 0 Å². The van der Waals surface area contributed by atoms with Crippen LogP contribution in [0, 0.1) is 11.3 Å². The van der Waals surface area contributed by atoms with Crippen molar-refractivity contribution in [1.82, 2.24) is 0 Å². The molecule has 0 amide bonds. The van der Waals surface area contributed by atoms with Gasteiger partial charge in [-0.05, 0) is 31.8 Å². The van der Waals surface area contributed by atoms with Crippen molar-refractivity contribution < 1.29 is 28.3 Å². The van der Waals surface area contributed by atoms with Crippen molar-refractivity contribution in [2.45, 2.75) is 51.0 Å². The molecular formula is C21H22O6. The Labute approximate surface area is 156 Å². The van der Waals surface area contributed by atoms with Crippen molar-refractivity contribution in [3.63, 3.8) is 0 Å². The number of carbonyl (C=O) groups is 3. The van der Waals surface area contributed by atoms with Crippen molar-refractivity contribution >= 4 is 17.5 Å². The number of hydrogen-bond acceptors (Lipinski definition) is 6. The molecule has 4 atom stereocenters. The lowest BCUT2D eigenvalue weighted by molar-refractivity contribution is -0.126. The first-order valence-electron chi connectivity index (χ1n) is 9.47. The van der Waals surface area contributed by atoms with Crippen LogP contribution in [0.15, 0.2) is 21.8 Å². The van der Waals surface area contributed by atoms with Crippen LogP contribution in [0.5, 0.6) is 0 Å². The number of fused-ring (bicyclic) bond motifs is 3. The third-order valence-corrected chi connectivity index (χ3v) is 7.45. The van der Waals surface area contributed by atoms with Crippen LogP contribution in [-0.2, 0) is 19.7 Å². The second-order valence-corrected chi connectivity index (χ2v) is 8.56. The summed E-state index contributed by atoms with van der Waals surface area (Å²) in [5, 5.41) is 0. The van der Waals surface area contributed by atoms with Crippen LogP contribution < -0.4 is 0 Å². The molecule has 1 aromatic rings. The Morgan fingerprint density at radius 1 is 1.22 bits per heavy atom. The number of allylic oxidation sites excluding steroid dienone is 1. The Bertz CT molecular complexity index is 936. The predicted molar refractivity (Wildman–Crippen MR) is 93.6 cm³/mol. The molecule has 1 aliphatic heterocycles. The van der Waals surface area contributed by atoms with E-state index in [0.29, 0.717) is 42.4 Å². The first-order valence-corrected chi connectivity index (χ1v) is 9.47. The molecule has 6 heteroatoms. The quantitative estimate of drug-likeness (QED) is 0.744. The lowest BCUT2D eigenvalue weighted by Crippen LogP contribution is -2.53. The van der Waals surface area contributed by atoms with Gasteiger partial charge in [0.15, 0.2) is 5.76 Å². The SMILES string of the molecule is COC[C@H]1OC(=O)c2coc3c2C1(C)C1=C(C3=O)[C@@H]2CCC(=O)C2(C)CC1. The fraction of sp³-hybridized carbons (Fsp3) is 0.571. The zero-order valence-corrected chi connectivity index (χ0v) is 15.7. The van der Waals surface area contributed by atoms with Gasteiger partial charge in [-0.1, -0.05) is 6.92 Å². The Balaban J connectivity index is 1.78. The van der Waals surface area contributed by atoms with Gasteiger partial charge in [0, 0.05) is 36.0 Å². The number of cyclic esters (lactones) is 1. The monoisotopic (exact) mass is 370 g/mol. The molecule has 1 saturated carbocycles. The van der Waals surface area contributed by atoms with Crippen molar-refractivity contribution in [2.75, 3.05) is 13.7 Å². The summed E-state index contributed by atoms with van der Waals surface area (Å²) >= 11 is 0. The molecule has 4 aliphatic rings. The molecule has 0 saturated heterocycles. The second-order valence-electron chi connectivity index (χ2n) is 8.56. The molecule has 3 aliphatic carbocycles. The fourth-order valence-corrected chi connectivity index (χ4v) is 5.90. The first kappa shape index (κ1) is 16.9. The number of methoxy groups -OCH3 is 1. The van der Waals surface area contributed by atoms with E-state index in [4.69, 9.17) is 13.9 Å². The van der Waals surface area contributed by atoms with Crippen LogP contribution in [0.1, 0.15) is 66.0 Å². The summed E-state index contributed by atoms with van der Waals surface area (Å²) < 4.78 is 16.7. The van der Waals surface area contributed by atoms with Gasteiger partial charge in [-0.2, -0.15) is 0 Å². The average molecular weight is 370 g/mol. The molecule has 1 aromatic heterocycles. The summed E-state index contributed by atoms with van der Waals surface area (Å²) in [5.41, 5.74) is 1.52. The Morgan fingerprint density at radius 2 is 2.00 bits per heavy atom. The number of carbonyl (C=O) groups excluding carboxylic acids is 3. The molecule has 1 fully saturated rings. The summed E-state index contributed by atoms with van der Waals surface area (Å²) in [4.78, 5) is 38.4. The number of rotatable bonds is 2. The van der Waals surface area contributed by atoms with E-state index < -0.39 is 22.9 Å². The zero-order chi connectivity index (χ0) is 19.1. The molecule has 6 nitrogen and oxygen atoms in total. The highest BCUT2D eigenvalue weighted by molar-refractivity contribution is 6.14. The Hall–Kier alpha value is -2.21. The second kappa shape index (κ2) is 5.19. The van der Waals surface area contributed by atoms with Crippen molar-refractivity contribution in [3.8, 4) is 0 Å². The highest BCUT2D eigenvalue weighted by atomic mass is 16.6. The lowest BCUT2D eigenvalue weighted by Gasteiger charge is -2.49. The maximum atomic E-state index is 13.4. The van der Waals surface area contributed by atoms with E-state index in [-0.39, 0.29) is 29.9 Å². The minimum absolute atomic E-state index is 0.0967. The largest absolute Gasteiger partial charge is 0.460 e. The number of ketones is 2. The summed E-state index contributed by atoms with van der Waals surface area (Å²) in [6.45, 7) is 4.24. The standard InChI is InChI=1S/C21H22O6/c1-20-7-6-12-15(11(20)4-5-13(20)22)17(23)18-16-10(8-26-18)19(24)27-14(9-25-3)21(12,16)2/h8,11,14H,4-7,9H2,1-3H3/t11-,14+,20?,21?/m0/s1. The molecule has 2 unspecified atom stereocenters. The van der Waals surface area contributed by atoms with Gasteiger partial charge in [0.2, 0.25) is 5.78 Å². The molecular weight excluding hydrogens is 348 g/mol. The van der Waals surface area contributed by atoms with E-state index in [1.807, 2.05) is 13.8 Å². The predicted octanol–water partition coefficient (Wildman–Crippen LogP) is 2.99. The van der Waals surface area contributed by atoms with Gasteiger partial charge >= 0.3 is 5.97 Å². The zero-order valence-electron chi connectivity index (χ0n) is 15.7. The van der Waals surface area contributed by atoms with Gasteiger partial charge in [0.05, 0.1) is 12.0 Å². The fourth-order valence-electron chi connectivity index (χ4n) is 5.90. The van der Waals surface area contributed by atoms with Crippen molar-refractivity contribution in [1.29, 1.82) is 0 Å². The summed E-state index contributed by atoms with van der Waals surface area (Å²) in [6, 6.07) is 0. The molecule has 142 valence electrons. The molecule has 0 bridgehead atoms. The highest BCUT2D eigenvalue weighted by Gasteiger charge is 2.61. The summed E-state index contributed by atoms with van der Waals surface area (Å²) in [5.74, 6) is -0.270. The van der Waals surface area contributed by atoms with Crippen LogP contribution in [0.4, 0.5) is 0 Å². The van der Waals surface area contributed by atoms with E-state index >= 15 is 0 Å². The van der Waals surface area contributed by atoms with Crippen molar-refractivity contribution in [3.05, 3.63) is 34.3 Å². The van der Waals surface area contributed by atoms with E-state index in [2.05, 4.69) is 0 Å². The van der Waals surface area contributed by atoms with Gasteiger partial charge in [0.1, 0.15) is 23.7 Å². The third-order valence-electron chi connectivity index (χ3n) is 7.45. The summed E-state index contributed by atoms with van der Waals surface area (Å²) in [6.07, 6.45) is 3.36. The van der Waals surface area contributed by atoms with Gasteiger partial charge in [-0.25, -0.2) is 4.79 Å². The van der Waals surface area contributed by atoms with Gasteiger partial charge < -0.3 is 13.9 Å². The Morgan fingerprint density at radius 3 is 2.74 bits per heavy atom. The maximum Gasteiger partial charge on any atom is 0.342 e. The van der Waals surface area contributed by atoms with Gasteiger partial charge in [-0.15, -0.1) is 0 Å². The first-order chi connectivity index (χ1) is 12.8. The molecule has 0 N–H and O–H groups in total. The summed E-state index contributed by atoms with van der Waals surface area (Å²) in [7, 11) is 1.57.